The first kappa shape index (κ1) is 19.8. The number of benzene rings is 2. The number of carbonyl (C=O) groups is 1. The number of amides is 2. The predicted octanol–water partition coefficient (Wildman–Crippen LogP) is 5.14. The lowest BCUT2D eigenvalue weighted by Crippen LogP contribution is -2.30. The van der Waals surface area contributed by atoms with Gasteiger partial charge in [0.05, 0.1) is 6.61 Å². The third kappa shape index (κ3) is 6.10. The van der Waals surface area contributed by atoms with Crippen molar-refractivity contribution >= 4 is 11.7 Å². The normalized spacial score (nSPS) is 11.1. The maximum atomic E-state index is 12.0. The van der Waals surface area contributed by atoms with Crippen molar-refractivity contribution in [3.8, 4) is 5.75 Å². The molecule has 26 heavy (non-hydrogen) atoms. The van der Waals surface area contributed by atoms with Crippen LogP contribution in [0.1, 0.15) is 45.2 Å². The summed E-state index contributed by atoms with van der Waals surface area (Å²) in [6.45, 7) is 9.79. The van der Waals surface area contributed by atoms with Crippen molar-refractivity contribution in [3.63, 3.8) is 0 Å². The smallest absolute Gasteiger partial charge is 0.319 e. The van der Waals surface area contributed by atoms with Gasteiger partial charge in [-0.1, -0.05) is 58.0 Å². The van der Waals surface area contributed by atoms with Crippen LogP contribution in [0.5, 0.6) is 5.75 Å². The molecule has 0 atom stereocenters. The summed E-state index contributed by atoms with van der Waals surface area (Å²) in [6, 6.07) is 15.9. The van der Waals surface area contributed by atoms with Gasteiger partial charge in [0.1, 0.15) is 5.75 Å². The van der Waals surface area contributed by atoms with Gasteiger partial charge in [-0.3, -0.25) is 0 Å². The quantitative estimate of drug-likeness (QED) is 0.677. The number of anilines is 1. The summed E-state index contributed by atoms with van der Waals surface area (Å²) >= 11 is 0. The number of para-hydroxylation sites is 1. The number of rotatable bonds is 7. The van der Waals surface area contributed by atoms with Crippen molar-refractivity contribution in [2.45, 2.75) is 46.0 Å². The fourth-order valence-electron chi connectivity index (χ4n) is 2.63. The van der Waals surface area contributed by atoms with Crippen LogP contribution in [0.3, 0.4) is 0 Å². The molecule has 0 aliphatic carbocycles. The van der Waals surface area contributed by atoms with Gasteiger partial charge >= 0.3 is 6.03 Å². The van der Waals surface area contributed by atoms with Gasteiger partial charge in [0.2, 0.25) is 0 Å². The van der Waals surface area contributed by atoms with E-state index in [0.29, 0.717) is 13.2 Å². The van der Waals surface area contributed by atoms with Crippen molar-refractivity contribution in [3.05, 3.63) is 59.7 Å². The molecule has 0 unspecified atom stereocenters. The molecule has 2 amide bonds. The van der Waals surface area contributed by atoms with E-state index in [1.54, 1.807) is 0 Å². The van der Waals surface area contributed by atoms with Gasteiger partial charge in [0.25, 0.3) is 0 Å². The van der Waals surface area contributed by atoms with Crippen LogP contribution in [-0.4, -0.2) is 19.2 Å². The molecule has 0 saturated carbocycles. The Labute approximate surface area is 157 Å². The Bertz CT molecular complexity index is 703. The van der Waals surface area contributed by atoms with Gasteiger partial charge in [0, 0.05) is 12.2 Å². The Morgan fingerprint density at radius 1 is 1.04 bits per heavy atom. The van der Waals surface area contributed by atoms with Crippen molar-refractivity contribution in [2.24, 2.45) is 0 Å². The van der Waals surface area contributed by atoms with Crippen LogP contribution in [-0.2, 0) is 11.8 Å². The average molecular weight is 354 g/mol. The minimum Gasteiger partial charge on any atom is -0.494 e. The van der Waals surface area contributed by atoms with Crippen LogP contribution in [0.15, 0.2) is 48.5 Å². The summed E-state index contributed by atoms with van der Waals surface area (Å²) < 4.78 is 5.74. The molecule has 0 spiro atoms. The van der Waals surface area contributed by atoms with Gasteiger partial charge in [-0.25, -0.2) is 4.79 Å². The molecule has 4 heteroatoms. The molecule has 0 aliphatic rings. The zero-order chi connectivity index (χ0) is 19.0. The third-order valence-corrected chi connectivity index (χ3v) is 4.24. The van der Waals surface area contributed by atoms with E-state index in [-0.39, 0.29) is 11.4 Å². The second kappa shape index (κ2) is 9.27. The zero-order valence-electron chi connectivity index (χ0n) is 16.3. The summed E-state index contributed by atoms with van der Waals surface area (Å²) in [5.41, 5.74) is 3.43. The first-order valence-corrected chi connectivity index (χ1v) is 9.26. The van der Waals surface area contributed by atoms with E-state index in [0.717, 1.165) is 29.8 Å². The van der Waals surface area contributed by atoms with Crippen molar-refractivity contribution in [1.82, 2.24) is 5.32 Å². The van der Waals surface area contributed by atoms with E-state index in [2.05, 4.69) is 50.5 Å². The first-order valence-electron chi connectivity index (χ1n) is 9.26. The number of hydrogen-bond acceptors (Lipinski definition) is 2. The van der Waals surface area contributed by atoms with Gasteiger partial charge in [-0.15, -0.1) is 0 Å². The van der Waals surface area contributed by atoms with Crippen LogP contribution in [0.4, 0.5) is 10.5 Å². The van der Waals surface area contributed by atoms with Gasteiger partial charge in [0.15, 0.2) is 0 Å². The number of aryl methyl sites for hydroxylation is 1. The summed E-state index contributed by atoms with van der Waals surface area (Å²) in [7, 11) is 0. The highest BCUT2D eigenvalue weighted by Gasteiger charge is 2.12. The average Bonchev–Trinajstić information content (AvgIpc) is 2.61. The van der Waals surface area contributed by atoms with Crippen LogP contribution < -0.4 is 15.4 Å². The van der Waals surface area contributed by atoms with Crippen LogP contribution in [0.25, 0.3) is 0 Å². The summed E-state index contributed by atoms with van der Waals surface area (Å²) in [5, 5.41) is 5.77. The molecule has 0 fully saturated rings. The molecule has 4 nitrogen and oxygen atoms in total. The maximum Gasteiger partial charge on any atom is 0.319 e. The number of carbonyl (C=O) groups excluding carboxylic acids is 1. The van der Waals surface area contributed by atoms with Crippen LogP contribution in [0, 0.1) is 0 Å². The van der Waals surface area contributed by atoms with Crippen molar-refractivity contribution in [2.75, 3.05) is 18.5 Å². The van der Waals surface area contributed by atoms with Crippen molar-refractivity contribution < 1.29 is 9.53 Å². The fourth-order valence-corrected chi connectivity index (χ4v) is 2.63. The monoisotopic (exact) mass is 354 g/mol. The highest BCUT2D eigenvalue weighted by molar-refractivity contribution is 5.90. The van der Waals surface area contributed by atoms with Crippen LogP contribution in [0.2, 0.25) is 0 Å². The molecule has 2 rings (SSSR count). The molecule has 2 N–H and O–H groups in total. The largest absolute Gasteiger partial charge is 0.494 e. The summed E-state index contributed by atoms with van der Waals surface area (Å²) in [5.74, 6) is 0.860. The Hall–Kier alpha value is -2.49. The minimum atomic E-state index is -0.180. The molecule has 2 aromatic carbocycles. The molecular weight excluding hydrogens is 324 g/mol. The van der Waals surface area contributed by atoms with Crippen molar-refractivity contribution in [1.29, 1.82) is 0 Å². The lowest BCUT2D eigenvalue weighted by Gasteiger charge is -2.19. The number of hydrogen-bond donors (Lipinski definition) is 2. The molecule has 0 heterocycles. The lowest BCUT2D eigenvalue weighted by molar-refractivity contribution is 0.250. The number of ether oxygens (including phenoxy) is 1. The molecule has 0 aromatic heterocycles. The SMILES string of the molecule is CCc1ccccc1NC(=O)NCCCOc1ccc(C(C)(C)C)cc1. The Kier molecular flexibility index (Phi) is 7.07. The molecule has 0 bridgehead atoms. The fraction of sp³-hybridized carbons (Fsp3) is 0.409. The predicted molar refractivity (Wildman–Crippen MR) is 108 cm³/mol. The maximum absolute atomic E-state index is 12.0. The zero-order valence-corrected chi connectivity index (χ0v) is 16.3. The van der Waals surface area contributed by atoms with E-state index >= 15 is 0 Å². The Balaban J connectivity index is 1.68. The molecular formula is C22H30N2O2. The Morgan fingerprint density at radius 2 is 1.73 bits per heavy atom. The second-order valence-corrected chi connectivity index (χ2v) is 7.37. The van der Waals surface area contributed by atoms with Crippen LogP contribution >= 0.6 is 0 Å². The van der Waals surface area contributed by atoms with Gasteiger partial charge < -0.3 is 15.4 Å². The van der Waals surface area contributed by atoms with Gasteiger partial charge in [-0.05, 0) is 47.6 Å². The summed E-state index contributed by atoms with van der Waals surface area (Å²) in [6.07, 6.45) is 1.64. The highest BCUT2D eigenvalue weighted by Crippen LogP contribution is 2.24. The molecule has 0 aliphatic heterocycles. The van der Waals surface area contributed by atoms with E-state index in [9.17, 15) is 4.79 Å². The lowest BCUT2D eigenvalue weighted by atomic mass is 9.87. The topological polar surface area (TPSA) is 50.4 Å². The van der Waals surface area contributed by atoms with E-state index in [1.807, 2.05) is 36.4 Å². The second-order valence-electron chi connectivity index (χ2n) is 7.37. The number of nitrogens with one attached hydrogen (secondary N) is 2. The highest BCUT2D eigenvalue weighted by atomic mass is 16.5. The van der Waals surface area contributed by atoms with E-state index in [1.165, 1.54) is 5.56 Å². The molecule has 0 radical (unpaired) electrons. The van der Waals surface area contributed by atoms with E-state index in [4.69, 9.17) is 4.74 Å². The van der Waals surface area contributed by atoms with Gasteiger partial charge in [-0.2, -0.15) is 0 Å². The Morgan fingerprint density at radius 3 is 2.38 bits per heavy atom. The molecule has 0 saturated heterocycles. The minimum absolute atomic E-state index is 0.145. The molecule has 2 aromatic rings. The summed E-state index contributed by atoms with van der Waals surface area (Å²) in [4.78, 5) is 12.0. The number of urea groups is 1. The van der Waals surface area contributed by atoms with E-state index < -0.39 is 0 Å². The third-order valence-electron chi connectivity index (χ3n) is 4.24. The first-order chi connectivity index (χ1) is 12.4. The standard InChI is InChI=1S/C22H30N2O2/c1-5-17-9-6-7-10-20(17)24-21(25)23-15-8-16-26-19-13-11-18(12-14-19)22(2,3)4/h6-7,9-14H,5,8,15-16H2,1-4H3,(H2,23,24,25). The molecule has 140 valence electrons.